The van der Waals surface area contributed by atoms with Crippen LogP contribution in [0.15, 0.2) is 22.5 Å². The third-order valence-electron chi connectivity index (χ3n) is 1.34. The second kappa shape index (κ2) is 2.52. The SMILES string of the molecule is [Cu][C]1(c2csnn2)C=CC=N1. The van der Waals surface area contributed by atoms with Gasteiger partial charge in [-0.25, -0.2) is 0 Å². The van der Waals surface area contributed by atoms with E-state index in [4.69, 9.17) is 16.0 Å². The molecule has 0 saturated carbocycles. The molecule has 1 aliphatic rings. The van der Waals surface area contributed by atoms with Crippen LogP contribution in [0.25, 0.3) is 0 Å². The Labute approximate surface area is 76.2 Å². The Kier molecular flexibility index (Phi) is 1.64. The molecule has 60 valence electrons. The van der Waals surface area contributed by atoms with Crippen molar-refractivity contribution in [3.05, 3.63) is 23.2 Å². The van der Waals surface area contributed by atoms with Gasteiger partial charge in [-0.1, -0.05) is 0 Å². The molecule has 0 amide bonds. The first-order valence-corrected chi connectivity index (χ1v) is 4.28. The quantitative estimate of drug-likeness (QED) is 0.650. The summed E-state index contributed by atoms with van der Waals surface area (Å²) < 4.78 is 3.03. The molecule has 0 radical (unpaired) electrons. The van der Waals surface area contributed by atoms with Crippen molar-refractivity contribution in [1.82, 2.24) is 9.59 Å². The molecule has 1 aliphatic heterocycles. The zero-order chi connectivity index (χ0) is 7.73. The molecule has 0 bridgehead atoms. The van der Waals surface area contributed by atoms with E-state index in [1.807, 2.05) is 17.5 Å². The van der Waals surface area contributed by atoms with E-state index < -0.39 is 4.44 Å². The monoisotopic (exact) mass is 213 g/mol. The fraction of sp³-hybridized carbons (Fsp3) is 0.167. The summed E-state index contributed by atoms with van der Waals surface area (Å²) in [6, 6.07) is 0. The minimum atomic E-state index is -0.694. The molecule has 0 N–H and O–H groups in total. The fourth-order valence-electron chi connectivity index (χ4n) is 0.813. The molecule has 1 atom stereocenters. The molecular formula is C6H4CuN3S. The molecule has 0 spiro atoms. The van der Waals surface area contributed by atoms with Gasteiger partial charge in [0.05, 0.1) is 0 Å². The van der Waals surface area contributed by atoms with Gasteiger partial charge in [0.25, 0.3) is 0 Å². The first kappa shape index (κ1) is 7.16. The van der Waals surface area contributed by atoms with Gasteiger partial charge in [-0.15, -0.1) is 0 Å². The Morgan fingerprint density at radius 2 is 2.45 bits per heavy atom. The number of aliphatic imine (C=N–C) groups is 1. The molecular weight excluding hydrogens is 210 g/mol. The average molecular weight is 214 g/mol. The normalized spacial score (nSPS) is 28.2. The molecule has 5 heteroatoms. The van der Waals surface area contributed by atoms with Crippen LogP contribution in [-0.4, -0.2) is 15.8 Å². The fourth-order valence-corrected chi connectivity index (χ4v) is 1.67. The summed E-state index contributed by atoms with van der Waals surface area (Å²) in [7, 11) is 0. The van der Waals surface area contributed by atoms with Gasteiger partial charge in [-0.05, 0) is 0 Å². The summed E-state index contributed by atoms with van der Waals surface area (Å²) in [5.41, 5.74) is 0.729. The van der Waals surface area contributed by atoms with Gasteiger partial charge < -0.3 is 0 Å². The van der Waals surface area contributed by atoms with E-state index >= 15 is 0 Å². The molecule has 3 nitrogen and oxygen atoms in total. The molecule has 0 fully saturated rings. The van der Waals surface area contributed by atoms with Crippen LogP contribution in [0.2, 0.25) is 0 Å². The predicted molar refractivity (Wildman–Crippen MR) is 39.2 cm³/mol. The maximum atomic E-state index is 5.37. The van der Waals surface area contributed by atoms with Crippen molar-refractivity contribution in [1.29, 1.82) is 0 Å². The van der Waals surface area contributed by atoms with Gasteiger partial charge in [0.1, 0.15) is 0 Å². The summed E-state index contributed by atoms with van der Waals surface area (Å²) in [5, 5.41) is 5.68. The number of aromatic nitrogens is 2. The Hall–Kier alpha value is -0.511. The van der Waals surface area contributed by atoms with Crippen LogP contribution < -0.4 is 0 Å². The van der Waals surface area contributed by atoms with Gasteiger partial charge in [0, 0.05) is 0 Å². The number of allylic oxidation sites excluding steroid dienone is 1. The Balaban J connectivity index is 2.43. The van der Waals surface area contributed by atoms with Gasteiger partial charge in [-0.2, -0.15) is 0 Å². The summed E-state index contributed by atoms with van der Waals surface area (Å²) in [6.45, 7) is 0. The van der Waals surface area contributed by atoms with Crippen LogP contribution >= 0.6 is 11.5 Å². The predicted octanol–water partition coefficient (Wildman–Crippen LogP) is 0.878. The molecule has 2 heterocycles. The Morgan fingerprint density at radius 3 is 3.00 bits per heavy atom. The van der Waals surface area contributed by atoms with E-state index in [2.05, 4.69) is 14.6 Å². The van der Waals surface area contributed by atoms with E-state index in [1.54, 1.807) is 6.21 Å². The minimum absolute atomic E-state index is 0.694. The first-order chi connectivity index (χ1) is 5.31. The molecule has 0 aliphatic carbocycles. The van der Waals surface area contributed by atoms with Crippen LogP contribution in [0.3, 0.4) is 0 Å². The van der Waals surface area contributed by atoms with Gasteiger partial charge in [0.2, 0.25) is 0 Å². The second-order valence-electron chi connectivity index (χ2n) is 2.04. The third kappa shape index (κ3) is 1.15. The maximum absolute atomic E-state index is 5.37. The van der Waals surface area contributed by atoms with E-state index in [9.17, 15) is 0 Å². The van der Waals surface area contributed by atoms with Crippen molar-refractivity contribution in [2.75, 3.05) is 0 Å². The summed E-state index contributed by atoms with van der Waals surface area (Å²) in [4.78, 5) is 4.08. The van der Waals surface area contributed by atoms with Gasteiger partial charge in [-0.3, -0.25) is 0 Å². The van der Waals surface area contributed by atoms with Gasteiger partial charge in [0.15, 0.2) is 0 Å². The van der Waals surface area contributed by atoms with Crippen LogP contribution in [0, 0.1) is 0 Å². The third-order valence-corrected chi connectivity index (χ3v) is 2.37. The van der Waals surface area contributed by atoms with Crippen molar-refractivity contribution in [2.24, 2.45) is 4.99 Å². The van der Waals surface area contributed by atoms with Crippen LogP contribution in [0.5, 0.6) is 0 Å². The Bertz CT molecular complexity index is 292. The summed E-state index contributed by atoms with van der Waals surface area (Å²) in [5.74, 6) is 0. The summed E-state index contributed by atoms with van der Waals surface area (Å²) >= 11 is 6.65. The molecule has 2 rings (SSSR count). The molecule has 1 aromatic heterocycles. The molecule has 11 heavy (non-hydrogen) atoms. The van der Waals surface area contributed by atoms with Crippen molar-refractivity contribution >= 4 is 17.7 Å². The van der Waals surface area contributed by atoms with Crippen molar-refractivity contribution in [3.8, 4) is 0 Å². The number of hydrogen-bond donors (Lipinski definition) is 0. The first-order valence-electron chi connectivity index (χ1n) is 2.97. The molecule has 0 aromatic carbocycles. The zero-order valence-corrected chi connectivity index (χ0v) is 7.12. The number of hydrogen-bond acceptors (Lipinski definition) is 4. The topological polar surface area (TPSA) is 38.1 Å². The molecule has 1 unspecified atom stereocenters. The van der Waals surface area contributed by atoms with Crippen LogP contribution in [-0.2, 0) is 20.5 Å². The van der Waals surface area contributed by atoms with Crippen molar-refractivity contribution in [2.45, 2.75) is 4.44 Å². The van der Waals surface area contributed by atoms with E-state index in [0.29, 0.717) is 0 Å². The van der Waals surface area contributed by atoms with Crippen LogP contribution in [0.1, 0.15) is 5.69 Å². The Morgan fingerprint density at radius 1 is 1.55 bits per heavy atom. The van der Waals surface area contributed by atoms with Crippen molar-refractivity contribution in [3.63, 3.8) is 0 Å². The van der Waals surface area contributed by atoms with Crippen molar-refractivity contribution < 1.29 is 16.0 Å². The number of nitrogens with zero attached hydrogens (tertiary/aromatic N) is 3. The second-order valence-corrected chi connectivity index (χ2v) is 3.37. The van der Waals surface area contributed by atoms with Gasteiger partial charge >= 0.3 is 76.0 Å². The molecule has 0 saturated heterocycles. The van der Waals surface area contributed by atoms with E-state index in [-0.39, 0.29) is 0 Å². The van der Waals surface area contributed by atoms with Crippen LogP contribution in [0.4, 0.5) is 0 Å². The van der Waals surface area contributed by atoms with E-state index in [0.717, 1.165) is 5.69 Å². The molecule has 1 aromatic rings. The zero-order valence-electron chi connectivity index (χ0n) is 5.36. The number of rotatable bonds is 1. The summed E-state index contributed by atoms with van der Waals surface area (Å²) in [6.07, 6.45) is 5.33. The standard InChI is InChI=1S/C6H4N3S.Cu/c1-2-5(7-3-1)6-4-10-9-8-6;/h1-4H;. The average Bonchev–Trinajstić information content (AvgIpc) is 2.55. The van der Waals surface area contributed by atoms with E-state index in [1.165, 1.54) is 11.5 Å².